The van der Waals surface area contributed by atoms with Gasteiger partial charge in [-0.25, -0.2) is 4.68 Å². The standard InChI is InChI=1S/C13H15N5O2S/c1-2-18-9(8-15-16-18)13(20)17-6-5-14-12(19)11(17)10-4-3-7-21-10/h3-4,7-8,11H,2,5-6H2,1H3,(H,14,19). The molecule has 1 unspecified atom stereocenters. The summed E-state index contributed by atoms with van der Waals surface area (Å²) < 4.78 is 1.54. The van der Waals surface area contributed by atoms with Crippen molar-refractivity contribution in [2.75, 3.05) is 13.1 Å². The highest BCUT2D eigenvalue weighted by Gasteiger charge is 2.36. The van der Waals surface area contributed by atoms with Crippen molar-refractivity contribution in [3.63, 3.8) is 0 Å². The maximum absolute atomic E-state index is 12.7. The van der Waals surface area contributed by atoms with Gasteiger partial charge in [0, 0.05) is 24.5 Å². The van der Waals surface area contributed by atoms with Crippen LogP contribution in [-0.2, 0) is 11.3 Å². The molecule has 21 heavy (non-hydrogen) atoms. The molecule has 1 N–H and O–H groups in total. The third-order valence-electron chi connectivity index (χ3n) is 3.42. The van der Waals surface area contributed by atoms with Gasteiger partial charge in [0.05, 0.1) is 6.20 Å². The zero-order chi connectivity index (χ0) is 14.8. The number of carbonyl (C=O) groups is 2. The fourth-order valence-corrected chi connectivity index (χ4v) is 3.25. The molecule has 0 bridgehead atoms. The van der Waals surface area contributed by atoms with E-state index in [-0.39, 0.29) is 11.8 Å². The summed E-state index contributed by atoms with van der Waals surface area (Å²) in [6.07, 6.45) is 1.45. The Balaban J connectivity index is 1.95. The first kappa shape index (κ1) is 13.7. The molecule has 1 aliphatic rings. The number of carbonyl (C=O) groups excluding carboxylic acids is 2. The Morgan fingerprint density at radius 3 is 3.14 bits per heavy atom. The fraction of sp³-hybridized carbons (Fsp3) is 0.385. The average Bonchev–Trinajstić information content (AvgIpc) is 3.17. The van der Waals surface area contributed by atoms with Crippen LogP contribution >= 0.6 is 11.3 Å². The highest BCUT2D eigenvalue weighted by Crippen LogP contribution is 2.28. The maximum Gasteiger partial charge on any atom is 0.274 e. The molecule has 2 amide bonds. The van der Waals surface area contributed by atoms with E-state index in [0.29, 0.717) is 25.3 Å². The lowest BCUT2D eigenvalue weighted by Gasteiger charge is -2.34. The van der Waals surface area contributed by atoms with Crippen molar-refractivity contribution in [3.8, 4) is 0 Å². The van der Waals surface area contributed by atoms with Crippen LogP contribution in [-0.4, -0.2) is 44.8 Å². The van der Waals surface area contributed by atoms with Gasteiger partial charge in [0.2, 0.25) is 5.91 Å². The minimum Gasteiger partial charge on any atom is -0.352 e. The summed E-state index contributed by atoms with van der Waals surface area (Å²) in [6.45, 7) is 3.39. The molecule has 0 aliphatic carbocycles. The number of amides is 2. The van der Waals surface area contributed by atoms with Crippen molar-refractivity contribution in [2.24, 2.45) is 0 Å². The molecule has 0 radical (unpaired) electrons. The summed E-state index contributed by atoms with van der Waals surface area (Å²) in [4.78, 5) is 27.4. The summed E-state index contributed by atoms with van der Waals surface area (Å²) in [5, 5.41) is 12.4. The van der Waals surface area contributed by atoms with E-state index < -0.39 is 6.04 Å². The Hall–Kier alpha value is -2.22. The third kappa shape index (κ3) is 2.42. The minimum atomic E-state index is -0.577. The van der Waals surface area contributed by atoms with Crippen LogP contribution in [0.3, 0.4) is 0 Å². The second-order valence-corrected chi connectivity index (χ2v) is 5.62. The number of rotatable bonds is 3. The van der Waals surface area contributed by atoms with Crippen molar-refractivity contribution in [1.29, 1.82) is 0 Å². The summed E-state index contributed by atoms with van der Waals surface area (Å²) in [7, 11) is 0. The molecule has 1 fully saturated rings. The molecule has 8 heteroatoms. The normalized spacial score (nSPS) is 18.6. The van der Waals surface area contributed by atoms with Gasteiger partial charge in [0.1, 0.15) is 11.7 Å². The zero-order valence-corrected chi connectivity index (χ0v) is 12.3. The summed E-state index contributed by atoms with van der Waals surface area (Å²) in [5.41, 5.74) is 0.411. The van der Waals surface area contributed by atoms with Gasteiger partial charge in [-0.05, 0) is 18.4 Å². The molecular weight excluding hydrogens is 290 g/mol. The number of nitrogens with zero attached hydrogens (tertiary/aromatic N) is 4. The van der Waals surface area contributed by atoms with E-state index in [0.717, 1.165) is 4.88 Å². The smallest absolute Gasteiger partial charge is 0.274 e. The molecule has 7 nitrogen and oxygen atoms in total. The quantitative estimate of drug-likeness (QED) is 0.904. The van der Waals surface area contributed by atoms with Gasteiger partial charge >= 0.3 is 0 Å². The molecule has 0 spiro atoms. The summed E-state index contributed by atoms with van der Waals surface area (Å²) in [6, 6.07) is 3.17. The van der Waals surface area contributed by atoms with Crippen LogP contribution in [0.25, 0.3) is 0 Å². The third-order valence-corrected chi connectivity index (χ3v) is 4.35. The van der Waals surface area contributed by atoms with E-state index >= 15 is 0 Å². The molecule has 3 rings (SSSR count). The molecule has 2 aromatic heterocycles. The minimum absolute atomic E-state index is 0.146. The van der Waals surface area contributed by atoms with Crippen LogP contribution in [0.5, 0.6) is 0 Å². The summed E-state index contributed by atoms with van der Waals surface area (Å²) >= 11 is 1.47. The van der Waals surface area contributed by atoms with Crippen LogP contribution in [0.1, 0.15) is 28.3 Å². The number of piperazine rings is 1. The van der Waals surface area contributed by atoms with E-state index in [4.69, 9.17) is 0 Å². The van der Waals surface area contributed by atoms with Crippen LogP contribution in [0.15, 0.2) is 23.7 Å². The predicted molar refractivity (Wildman–Crippen MR) is 76.8 cm³/mol. The second kappa shape index (κ2) is 5.65. The van der Waals surface area contributed by atoms with E-state index in [2.05, 4.69) is 15.6 Å². The van der Waals surface area contributed by atoms with Crippen LogP contribution in [0.2, 0.25) is 0 Å². The highest BCUT2D eigenvalue weighted by molar-refractivity contribution is 7.10. The number of hydrogen-bond acceptors (Lipinski definition) is 5. The van der Waals surface area contributed by atoms with Gasteiger partial charge in [-0.1, -0.05) is 11.3 Å². The maximum atomic E-state index is 12.7. The molecule has 110 valence electrons. The molecule has 0 aromatic carbocycles. The van der Waals surface area contributed by atoms with Gasteiger partial charge in [-0.3, -0.25) is 9.59 Å². The molecular formula is C13H15N5O2S. The molecule has 3 heterocycles. The molecule has 0 saturated carbocycles. The van der Waals surface area contributed by atoms with Crippen molar-refractivity contribution in [3.05, 3.63) is 34.3 Å². The molecule has 1 aliphatic heterocycles. The zero-order valence-electron chi connectivity index (χ0n) is 11.5. The SMILES string of the molecule is CCn1nncc1C(=O)N1CCNC(=O)C1c1cccs1. The second-order valence-electron chi connectivity index (χ2n) is 4.64. The first-order valence-corrected chi connectivity index (χ1v) is 7.61. The first-order chi connectivity index (χ1) is 10.2. The average molecular weight is 305 g/mol. The van der Waals surface area contributed by atoms with E-state index in [1.54, 1.807) is 9.58 Å². The Bertz CT molecular complexity index is 651. The van der Waals surface area contributed by atoms with Gasteiger partial charge in [-0.15, -0.1) is 16.4 Å². The Morgan fingerprint density at radius 2 is 2.43 bits per heavy atom. The van der Waals surface area contributed by atoms with Crippen molar-refractivity contribution >= 4 is 23.2 Å². The Morgan fingerprint density at radius 1 is 1.57 bits per heavy atom. The van der Waals surface area contributed by atoms with Crippen LogP contribution < -0.4 is 5.32 Å². The van der Waals surface area contributed by atoms with Crippen molar-refractivity contribution < 1.29 is 9.59 Å². The van der Waals surface area contributed by atoms with Gasteiger partial charge in [-0.2, -0.15) is 0 Å². The number of nitrogens with one attached hydrogen (secondary N) is 1. The Labute approximate surface area is 125 Å². The largest absolute Gasteiger partial charge is 0.352 e. The number of thiophene rings is 1. The number of hydrogen-bond donors (Lipinski definition) is 1. The van der Waals surface area contributed by atoms with Gasteiger partial charge in [0.15, 0.2) is 0 Å². The fourth-order valence-electron chi connectivity index (χ4n) is 2.42. The number of aryl methyl sites for hydroxylation is 1. The number of aromatic nitrogens is 3. The van der Waals surface area contributed by atoms with Gasteiger partial charge in [0.25, 0.3) is 5.91 Å². The van der Waals surface area contributed by atoms with Crippen molar-refractivity contribution in [2.45, 2.75) is 19.5 Å². The van der Waals surface area contributed by atoms with E-state index in [9.17, 15) is 9.59 Å². The van der Waals surface area contributed by atoms with Crippen molar-refractivity contribution in [1.82, 2.24) is 25.2 Å². The van der Waals surface area contributed by atoms with E-state index in [1.807, 2.05) is 24.4 Å². The molecule has 1 saturated heterocycles. The van der Waals surface area contributed by atoms with Crippen LogP contribution in [0.4, 0.5) is 0 Å². The molecule has 2 aromatic rings. The van der Waals surface area contributed by atoms with Crippen LogP contribution in [0, 0.1) is 0 Å². The first-order valence-electron chi connectivity index (χ1n) is 6.73. The van der Waals surface area contributed by atoms with E-state index in [1.165, 1.54) is 17.5 Å². The summed E-state index contributed by atoms with van der Waals surface area (Å²) in [5.74, 6) is -0.359. The predicted octanol–water partition coefficient (Wildman–Crippen LogP) is 0.673. The molecule has 1 atom stereocenters. The lowest BCUT2D eigenvalue weighted by Crippen LogP contribution is -2.52. The topological polar surface area (TPSA) is 80.1 Å². The lowest BCUT2D eigenvalue weighted by molar-refractivity contribution is -0.127. The monoisotopic (exact) mass is 305 g/mol. The van der Waals surface area contributed by atoms with Gasteiger partial charge < -0.3 is 10.2 Å². The highest BCUT2D eigenvalue weighted by atomic mass is 32.1. The Kier molecular flexibility index (Phi) is 3.70. The lowest BCUT2D eigenvalue weighted by atomic mass is 10.1.